The average Bonchev–Trinajstić information content (AvgIpc) is 3.03. The van der Waals surface area contributed by atoms with E-state index in [0.717, 1.165) is 26.7 Å². The summed E-state index contributed by atoms with van der Waals surface area (Å²) in [7, 11) is 1.81. The van der Waals surface area contributed by atoms with Gasteiger partial charge in [0.15, 0.2) is 0 Å². The molecule has 0 N–H and O–H groups in total. The molecule has 136 valence electrons. The number of thiazole rings is 1. The summed E-state index contributed by atoms with van der Waals surface area (Å²) in [6.45, 7) is 4.54. The van der Waals surface area contributed by atoms with Gasteiger partial charge in [-0.25, -0.2) is 4.98 Å². The molecule has 0 aliphatic rings. The summed E-state index contributed by atoms with van der Waals surface area (Å²) in [5, 5.41) is 9.84. The van der Waals surface area contributed by atoms with Crippen LogP contribution in [0.15, 0.2) is 48.5 Å². The van der Waals surface area contributed by atoms with Crippen LogP contribution in [0.1, 0.15) is 26.6 Å². The number of likely N-dealkylation sites (N-methyl/N-ethyl adjacent to an activating group) is 1. The van der Waals surface area contributed by atoms with E-state index in [1.54, 1.807) is 35.4 Å². The van der Waals surface area contributed by atoms with Gasteiger partial charge in [0.05, 0.1) is 28.8 Å². The molecule has 27 heavy (non-hydrogen) atoms. The Labute approximate surface area is 163 Å². The molecule has 0 spiro atoms. The minimum Gasteiger partial charge on any atom is -0.341 e. The Kier molecular flexibility index (Phi) is 5.68. The standard InChI is InChI=1S/C22H21N3OS/c1-15-4-10-19(11-5-15)22-20(27-16(2)24-22)12-21(26)25(3)14-18-8-6-17(13-23)7-9-18/h4-11H,12,14H2,1-3H3. The van der Waals surface area contributed by atoms with Gasteiger partial charge in [-0.05, 0) is 31.5 Å². The predicted octanol–water partition coefficient (Wildman–Crippen LogP) is 4.50. The summed E-state index contributed by atoms with van der Waals surface area (Å²) in [6, 6.07) is 17.7. The second-order valence-corrected chi connectivity index (χ2v) is 7.89. The third-order valence-electron chi connectivity index (χ3n) is 4.37. The zero-order chi connectivity index (χ0) is 19.4. The van der Waals surface area contributed by atoms with E-state index in [1.165, 1.54) is 5.56 Å². The van der Waals surface area contributed by atoms with Gasteiger partial charge in [-0.15, -0.1) is 11.3 Å². The van der Waals surface area contributed by atoms with Gasteiger partial charge in [0.25, 0.3) is 0 Å². The van der Waals surface area contributed by atoms with E-state index in [2.05, 4.69) is 42.2 Å². The highest BCUT2D eigenvalue weighted by Gasteiger charge is 2.17. The highest BCUT2D eigenvalue weighted by atomic mass is 32.1. The molecule has 1 aromatic heterocycles. The number of benzene rings is 2. The van der Waals surface area contributed by atoms with Crippen molar-refractivity contribution in [3.8, 4) is 17.3 Å². The first-order valence-corrected chi connectivity index (χ1v) is 9.54. The molecule has 0 unspecified atom stereocenters. The first-order valence-electron chi connectivity index (χ1n) is 8.72. The number of hydrogen-bond acceptors (Lipinski definition) is 4. The second kappa shape index (κ2) is 8.15. The Morgan fingerprint density at radius 1 is 1.11 bits per heavy atom. The summed E-state index contributed by atoms with van der Waals surface area (Å²) < 4.78 is 0. The van der Waals surface area contributed by atoms with Crippen molar-refractivity contribution in [3.05, 3.63) is 75.1 Å². The topological polar surface area (TPSA) is 57.0 Å². The van der Waals surface area contributed by atoms with Gasteiger partial charge in [-0.3, -0.25) is 4.79 Å². The zero-order valence-electron chi connectivity index (χ0n) is 15.7. The molecule has 0 radical (unpaired) electrons. The van der Waals surface area contributed by atoms with Crippen LogP contribution in [-0.2, 0) is 17.8 Å². The summed E-state index contributed by atoms with van der Waals surface area (Å²) in [6.07, 6.45) is 0.335. The maximum Gasteiger partial charge on any atom is 0.227 e. The van der Waals surface area contributed by atoms with Crippen molar-refractivity contribution in [2.75, 3.05) is 7.05 Å². The normalized spacial score (nSPS) is 10.4. The van der Waals surface area contributed by atoms with E-state index in [9.17, 15) is 4.79 Å². The second-order valence-electron chi connectivity index (χ2n) is 6.61. The number of carbonyl (C=O) groups excluding carboxylic acids is 1. The van der Waals surface area contributed by atoms with Crippen molar-refractivity contribution >= 4 is 17.2 Å². The maximum absolute atomic E-state index is 12.7. The fraction of sp³-hybridized carbons (Fsp3) is 0.227. The minimum atomic E-state index is 0.0522. The molecule has 3 aromatic rings. The number of aryl methyl sites for hydroxylation is 2. The van der Waals surface area contributed by atoms with Gasteiger partial charge in [0, 0.05) is 24.0 Å². The Morgan fingerprint density at radius 2 is 1.78 bits per heavy atom. The fourth-order valence-corrected chi connectivity index (χ4v) is 3.79. The first-order chi connectivity index (χ1) is 13.0. The van der Waals surface area contributed by atoms with Crippen molar-refractivity contribution in [1.29, 1.82) is 5.26 Å². The van der Waals surface area contributed by atoms with E-state index in [-0.39, 0.29) is 5.91 Å². The Morgan fingerprint density at radius 3 is 2.41 bits per heavy atom. The zero-order valence-corrected chi connectivity index (χ0v) is 16.5. The molecule has 0 fully saturated rings. The van der Waals surface area contributed by atoms with E-state index < -0.39 is 0 Å². The fourth-order valence-electron chi connectivity index (χ4n) is 2.85. The van der Waals surface area contributed by atoms with E-state index in [4.69, 9.17) is 5.26 Å². The predicted molar refractivity (Wildman–Crippen MR) is 108 cm³/mol. The average molecular weight is 375 g/mol. The molecule has 1 amide bonds. The number of nitriles is 1. The van der Waals surface area contributed by atoms with Crippen LogP contribution in [0.3, 0.4) is 0 Å². The first kappa shape index (κ1) is 18.8. The lowest BCUT2D eigenvalue weighted by molar-refractivity contribution is -0.129. The van der Waals surface area contributed by atoms with Crippen LogP contribution in [0.5, 0.6) is 0 Å². The number of carbonyl (C=O) groups is 1. The molecule has 0 bridgehead atoms. The van der Waals surface area contributed by atoms with Crippen molar-refractivity contribution in [2.45, 2.75) is 26.8 Å². The Balaban J connectivity index is 1.73. The summed E-state index contributed by atoms with van der Waals surface area (Å²) in [4.78, 5) is 20.1. The van der Waals surface area contributed by atoms with Crippen LogP contribution in [0.25, 0.3) is 11.3 Å². The van der Waals surface area contributed by atoms with Gasteiger partial charge in [0.2, 0.25) is 5.91 Å². The lowest BCUT2D eigenvalue weighted by Crippen LogP contribution is -2.27. The number of aromatic nitrogens is 1. The Hall–Kier alpha value is -2.97. The van der Waals surface area contributed by atoms with Crippen molar-refractivity contribution < 1.29 is 4.79 Å². The number of amides is 1. The summed E-state index contributed by atoms with van der Waals surface area (Å²) in [5.74, 6) is 0.0522. The lowest BCUT2D eigenvalue weighted by Gasteiger charge is -2.17. The monoisotopic (exact) mass is 375 g/mol. The maximum atomic E-state index is 12.7. The molecule has 0 aliphatic carbocycles. The lowest BCUT2D eigenvalue weighted by atomic mass is 10.1. The molecule has 0 atom stereocenters. The molecule has 0 saturated carbocycles. The molecule has 0 aliphatic heterocycles. The molecular formula is C22H21N3OS. The van der Waals surface area contributed by atoms with Gasteiger partial charge in [-0.1, -0.05) is 42.0 Å². The largest absolute Gasteiger partial charge is 0.341 e. The van der Waals surface area contributed by atoms with Gasteiger partial charge >= 0.3 is 0 Å². The van der Waals surface area contributed by atoms with Gasteiger partial charge < -0.3 is 4.90 Å². The minimum absolute atomic E-state index is 0.0522. The molecule has 2 aromatic carbocycles. The highest BCUT2D eigenvalue weighted by molar-refractivity contribution is 7.12. The van der Waals surface area contributed by atoms with Crippen LogP contribution >= 0.6 is 11.3 Å². The molecule has 1 heterocycles. The SMILES string of the molecule is Cc1ccc(-c2nc(C)sc2CC(=O)N(C)Cc2ccc(C#N)cc2)cc1. The third-order valence-corrected chi connectivity index (χ3v) is 5.34. The third kappa shape index (κ3) is 4.60. The van der Waals surface area contributed by atoms with Crippen molar-refractivity contribution in [2.24, 2.45) is 0 Å². The van der Waals surface area contributed by atoms with E-state index >= 15 is 0 Å². The molecule has 0 saturated heterocycles. The van der Waals surface area contributed by atoms with Crippen LogP contribution in [0.2, 0.25) is 0 Å². The Bertz CT molecular complexity index is 982. The quantitative estimate of drug-likeness (QED) is 0.660. The van der Waals surface area contributed by atoms with Crippen LogP contribution in [-0.4, -0.2) is 22.8 Å². The summed E-state index contributed by atoms with van der Waals surface area (Å²) in [5.41, 5.74) is 4.77. The summed E-state index contributed by atoms with van der Waals surface area (Å²) >= 11 is 1.58. The van der Waals surface area contributed by atoms with Crippen LogP contribution in [0.4, 0.5) is 0 Å². The van der Waals surface area contributed by atoms with Crippen molar-refractivity contribution in [1.82, 2.24) is 9.88 Å². The highest BCUT2D eigenvalue weighted by Crippen LogP contribution is 2.29. The number of hydrogen-bond donors (Lipinski definition) is 0. The molecular weight excluding hydrogens is 354 g/mol. The molecule has 5 heteroatoms. The van der Waals surface area contributed by atoms with Crippen LogP contribution < -0.4 is 0 Å². The molecule has 3 rings (SSSR count). The smallest absolute Gasteiger partial charge is 0.227 e. The van der Waals surface area contributed by atoms with E-state index in [0.29, 0.717) is 18.5 Å². The molecule has 4 nitrogen and oxygen atoms in total. The van der Waals surface area contributed by atoms with E-state index in [1.807, 2.05) is 19.1 Å². The van der Waals surface area contributed by atoms with Crippen LogP contribution in [0, 0.1) is 25.2 Å². The van der Waals surface area contributed by atoms with Crippen molar-refractivity contribution in [3.63, 3.8) is 0 Å². The number of rotatable bonds is 5. The van der Waals surface area contributed by atoms with Gasteiger partial charge in [-0.2, -0.15) is 5.26 Å². The number of nitrogens with zero attached hydrogens (tertiary/aromatic N) is 3. The van der Waals surface area contributed by atoms with Gasteiger partial charge in [0.1, 0.15) is 0 Å².